The van der Waals surface area contributed by atoms with E-state index >= 15 is 0 Å². The average Bonchev–Trinajstić information content (AvgIpc) is 3.25. The smallest absolute Gasteiger partial charge is 0.306 e. The molecule has 0 aliphatic heterocycles. The molecule has 64 heavy (non-hydrogen) atoms. The fraction of sp³-hybridized carbons (Fsp3) is 0.778. The van der Waals surface area contributed by atoms with Gasteiger partial charge in [0.05, 0.1) is 27.7 Å². The third kappa shape index (κ3) is 49.2. The molecule has 2 unspecified atom stereocenters. The van der Waals surface area contributed by atoms with Gasteiger partial charge in [0, 0.05) is 12.8 Å². The van der Waals surface area contributed by atoms with Gasteiger partial charge < -0.3 is 27.9 Å². The second kappa shape index (κ2) is 45.8. The van der Waals surface area contributed by atoms with Crippen molar-refractivity contribution in [3.63, 3.8) is 0 Å². The topological polar surface area (TPSA) is 111 Å². The number of carbonyl (C=O) groups excluding carboxylic acids is 2. The molecule has 0 heterocycles. The Bertz CT molecular complexity index is 1270. The molecule has 0 aliphatic carbocycles. The summed E-state index contributed by atoms with van der Waals surface area (Å²) in [5.41, 5.74) is 0. The van der Waals surface area contributed by atoms with Gasteiger partial charge in [-0.1, -0.05) is 209 Å². The summed E-state index contributed by atoms with van der Waals surface area (Å²) in [5.74, 6) is -0.843. The monoisotopic (exact) mass is 920 g/mol. The van der Waals surface area contributed by atoms with E-state index < -0.39 is 32.5 Å². The van der Waals surface area contributed by atoms with Crippen LogP contribution in [-0.4, -0.2) is 70.0 Å². The predicted molar refractivity (Wildman–Crippen MR) is 268 cm³/mol. The van der Waals surface area contributed by atoms with E-state index in [2.05, 4.69) is 74.6 Å². The normalized spacial score (nSPS) is 13.9. The van der Waals surface area contributed by atoms with Crippen LogP contribution in [0, 0.1) is 0 Å². The van der Waals surface area contributed by atoms with Crippen molar-refractivity contribution in [2.24, 2.45) is 0 Å². The van der Waals surface area contributed by atoms with Gasteiger partial charge in [-0.25, -0.2) is 0 Å². The van der Waals surface area contributed by atoms with Gasteiger partial charge in [0.15, 0.2) is 6.10 Å². The number of esters is 2. The average molecular weight is 920 g/mol. The molecule has 0 spiro atoms. The highest BCUT2D eigenvalue weighted by Crippen LogP contribution is 2.38. The van der Waals surface area contributed by atoms with Crippen LogP contribution in [0.15, 0.2) is 60.8 Å². The highest BCUT2D eigenvalue weighted by Gasteiger charge is 2.21. The number of unbranched alkanes of at least 4 members (excludes halogenated alkanes) is 23. The maximum Gasteiger partial charge on any atom is 0.306 e. The Labute approximate surface area is 394 Å². The summed E-state index contributed by atoms with van der Waals surface area (Å²) in [6, 6.07) is 0. The minimum Gasteiger partial charge on any atom is -0.756 e. The first-order chi connectivity index (χ1) is 31.0. The van der Waals surface area contributed by atoms with E-state index in [4.69, 9.17) is 18.5 Å². The molecule has 0 aromatic heterocycles. The van der Waals surface area contributed by atoms with Gasteiger partial charge in [0.2, 0.25) is 0 Å². The van der Waals surface area contributed by atoms with E-state index in [1.54, 1.807) is 0 Å². The molecule has 0 rings (SSSR count). The number of likely N-dealkylation sites (N-methyl/N-ethyl adjacent to an activating group) is 1. The molecular weight excluding hydrogens is 822 g/mol. The summed E-state index contributed by atoms with van der Waals surface area (Å²) in [7, 11) is 1.17. The van der Waals surface area contributed by atoms with Crippen molar-refractivity contribution in [3.05, 3.63) is 60.8 Å². The molecule has 9 nitrogen and oxygen atoms in total. The number of phosphoric ester groups is 1. The predicted octanol–water partition coefficient (Wildman–Crippen LogP) is 15.0. The summed E-state index contributed by atoms with van der Waals surface area (Å²) in [6.07, 6.45) is 57.6. The highest BCUT2D eigenvalue weighted by molar-refractivity contribution is 7.45. The molecule has 0 amide bonds. The van der Waals surface area contributed by atoms with E-state index in [0.717, 1.165) is 83.5 Å². The fourth-order valence-electron chi connectivity index (χ4n) is 7.04. The van der Waals surface area contributed by atoms with Crippen LogP contribution in [-0.2, 0) is 32.7 Å². The van der Waals surface area contributed by atoms with Crippen molar-refractivity contribution in [3.8, 4) is 0 Å². The number of nitrogens with zero attached hydrogens (tertiary/aromatic N) is 1. The van der Waals surface area contributed by atoms with Crippen LogP contribution in [0.1, 0.15) is 219 Å². The number of carbonyl (C=O) groups is 2. The van der Waals surface area contributed by atoms with Gasteiger partial charge in [-0.3, -0.25) is 14.2 Å². The first-order valence-electron chi connectivity index (χ1n) is 26.0. The minimum atomic E-state index is -4.61. The largest absolute Gasteiger partial charge is 0.756 e. The molecule has 2 atom stereocenters. The number of allylic oxidation sites excluding steroid dienone is 10. The lowest BCUT2D eigenvalue weighted by atomic mass is 10.0. The molecule has 10 heteroatoms. The highest BCUT2D eigenvalue weighted by atomic mass is 31.2. The lowest BCUT2D eigenvalue weighted by Crippen LogP contribution is -2.37. The third-order valence-corrected chi connectivity index (χ3v) is 12.0. The van der Waals surface area contributed by atoms with Gasteiger partial charge in [-0.05, 0) is 57.8 Å². The van der Waals surface area contributed by atoms with Crippen LogP contribution in [0.3, 0.4) is 0 Å². The van der Waals surface area contributed by atoms with Gasteiger partial charge >= 0.3 is 11.9 Å². The van der Waals surface area contributed by atoms with E-state index in [1.165, 1.54) is 103 Å². The molecule has 372 valence electrons. The maximum atomic E-state index is 12.7. The molecule has 0 saturated carbocycles. The second-order valence-corrected chi connectivity index (χ2v) is 19.9. The van der Waals surface area contributed by atoms with E-state index in [1.807, 2.05) is 21.1 Å². The summed E-state index contributed by atoms with van der Waals surface area (Å²) < 4.78 is 33.7. The van der Waals surface area contributed by atoms with Crippen LogP contribution in [0.25, 0.3) is 0 Å². The molecule has 0 aromatic carbocycles. The lowest BCUT2D eigenvalue weighted by molar-refractivity contribution is -0.870. The Hall–Kier alpha value is -2.29. The molecule has 0 aliphatic rings. The number of hydrogen-bond acceptors (Lipinski definition) is 8. The number of quaternary nitrogens is 1. The van der Waals surface area contributed by atoms with Crippen LogP contribution in [0.2, 0.25) is 0 Å². The maximum absolute atomic E-state index is 12.7. The lowest BCUT2D eigenvalue weighted by Gasteiger charge is -2.28. The Morgan fingerprint density at radius 1 is 0.500 bits per heavy atom. The van der Waals surface area contributed by atoms with Crippen LogP contribution >= 0.6 is 7.82 Å². The first kappa shape index (κ1) is 61.7. The molecular formula is C54H98NO8P. The van der Waals surface area contributed by atoms with Gasteiger partial charge in [-0.2, -0.15) is 0 Å². The number of ether oxygens (including phenoxy) is 2. The Morgan fingerprint density at radius 2 is 0.891 bits per heavy atom. The zero-order chi connectivity index (χ0) is 47.1. The van der Waals surface area contributed by atoms with Gasteiger partial charge in [-0.15, -0.1) is 0 Å². The van der Waals surface area contributed by atoms with Gasteiger partial charge in [0.25, 0.3) is 7.82 Å². The minimum absolute atomic E-state index is 0.0302. The Morgan fingerprint density at radius 3 is 1.33 bits per heavy atom. The van der Waals surface area contributed by atoms with Crippen molar-refractivity contribution in [1.82, 2.24) is 0 Å². The van der Waals surface area contributed by atoms with Crippen LogP contribution < -0.4 is 4.89 Å². The molecule has 0 saturated heterocycles. The summed E-state index contributed by atoms with van der Waals surface area (Å²) in [4.78, 5) is 37.3. The van der Waals surface area contributed by atoms with Crippen LogP contribution in [0.4, 0.5) is 0 Å². The molecule has 0 bridgehead atoms. The first-order valence-corrected chi connectivity index (χ1v) is 27.5. The SMILES string of the molecule is CC/C=C\C/C=C\C/C=C\C/C=C\C/C=C\CCCCCCCCCCCCCCCCCCCCCC(=O)OC(COC(=O)CCCCCCC)COP(=O)([O-])OCC[N+](C)(C)C. The Balaban J connectivity index is 3.84. The second-order valence-electron chi connectivity index (χ2n) is 18.5. The number of hydrogen-bond donors (Lipinski definition) is 0. The van der Waals surface area contributed by atoms with Crippen molar-refractivity contribution in [2.75, 3.05) is 47.5 Å². The van der Waals surface area contributed by atoms with Crippen molar-refractivity contribution in [1.29, 1.82) is 0 Å². The molecule has 0 radical (unpaired) electrons. The zero-order valence-electron chi connectivity index (χ0n) is 42.0. The molecule has 0 N–H and O–H groups in total. The van der Waals surface area contributed by atoms with Crippen molar-refractivity contribution >= 4 is 19.8 Å². The number of phosphoric acid groups is 1. The van der Waals surface area contributed by atoms with Gasteiger partial charge in [0.1, 0.15) is 19.8 Å². The Kier molecular flexibility index (Phi) is 44.2. The summed E-state index contributed by atoms with van der Waals surface area (Å²) >= 11 is 0. The van der Waals surface area contributed by atoms with Crippen molar-refractivity contribution < 1.29 is 42.1 Å². The fourth-order valence-corrected chi connectivity index (χ4v) is 7.76. The van der Waals surface area contributed by atoms with E-state index in [9.17, 15) is 19.0 Å². The third-order valence-electron chi connectivity index (χ3n) is 11.1. The summed E-state index contributed by atoms with van der Waals surface area (Å²) in [5, 5.41) is 0. The van der Waals surface area contributed by atoms with E-state index in [-0.39, 0.29) is 26.1 Å². The van der Waals surface area contributed by atoms with Crippen molar-refractivity contribution in [2.45, 2.75) is 225 Å². The molecule has 0 aromatic rings. The summed E-state index contributed by atoms with van der Waals surface area (Å²) in [6.45, 7) is 4.02. The zero-order valence-corrected chi connectivity index (χ0v) is 42.9. The number of rotatable bonds is 47. The quantitative estimate of drug-likeness (QED) is 0.0195. The van der Waals surface area contributed by atoms with Crippen LogP contribution in [0.5, 0.6) is 0 Å². The molecule has 0 fully saturated rings. The van der Waals surface area contributed by atoms with E-state index in [0.29, 0.717) is 17.4 Å². The standard InChI is InChI=1S/C54H98NO8P/c1-6-8-10-12-13-14-15-16-17-18-19-20-21-22-23-24-25-26-27-28-29-30-31-32-33-34-35-36-37-38-39-40-41-43-45-47-54(57)63-52(50-60-53(56)46-44-42-11-9-7-2)51-62-64(58,59)61-49-48-55(3,4)5/h8,10,13-14,16-17,19-20,22-23,52H,6-7,9,11-12,15,18,21,24-51H2,1-5H3/b10-8-,14-13-,17-16-,20-19-,23-22-.